The smallest absolute Gasteiger partial charge is 0.344 e. The molecule has 2 aromatic rings. The van der Waals surface area contributed by atoms with E-state index >= 15 is 0 Å². The van der Waals surface area contributed by atoms with Crippen molar-refractivity contribution >= 4 is 35.4 Å². The third-order valence-electron chi connectivity index (χ3n) is 7.52. The minimum absolute atomic E-state index is 0.0109. The van der Waals surface area contributed by atoms with E-state index in [0.29, 0.717) is 38.8 Å². The van der Waals surface area contributed by atoms with Gasteiger partial charge >= 0.3 is 12.0 Å². The van der Waals surface area contributed by atoms with Gasteiger partial charge in [-0.2, -0.15) is 4.68 Å². The fourth-order valence-electron chi connectivity index (χ4n) is 4.83. The molecule has 0 aliphatic carbocycles. The van der Waals surface area contributed by atoms with E-state index in [0.717, 1.165) is 10.2 Å². The highest BCUT2D eigenvalue weighted by Crippen LogP contribution is 2.11. The summed E-state index contributed by atoms with van der Waals surface area (Å²) < 4.78 is 13.5. The number of carbonyl (C=O) groups excluding carboxylic acids is 5. The van der Waals surface area contributed by atoms with Gasteiger partial charge in [-0.3, -0.25) is 23.6 Å². The molecule has 0 radical (unpaired) electrons. The maximum Gasteiger partial charge on any atom is 0.344 e. The minimum Gasteiger partial charge on any atom is -0.480 e. The predicted molar refractivity (Wildman–Crippen MR) is 173 cm³/mol. The number of carboxylic acids is 1. The number of benzene rings is 1. The normalized spacial score (nSPS) is 12.8. The molecule has 0 saturated heterocycles. The number of carbonyl (C=O) groups is 6. The van der Waals surface area contributed by atoms with Crippen molar-refractivity contribution in [3.8, 4) is 0 Å². The van der Waals surface area contributed by atoms with Crippen LogP contribution in [0.1, 0.15) is 75.5 Å². The fourth-order valence-corrected chi connectivity index (χ4v) is 4.83. The summed E-state index contributed by atoms with van der Waals surface area (Å²) in [6.07, 6.45) is 3.11. The van der Waals surface area contributed by atoms with Gasteiger partial charge in [-0.1, -0.05) is 35.5 Å². The number of nitrogens with two attached hydrogens (primary N) is 2. The number of Topliss-reactive ketones (excluding diaryl/α,β-unsaturated/α-hetero) is 2. The lowest BCUT2D eigenvalue weighted by molar-refractivity contribution is -0.142. The number of nitrogens with zero attached hydrogens (tertiary/aromatic N) is 3. The summed E-state index contributed by atoms with van der Waals surface area (Å²) in [6, 6.07) is 5.14. The van der Waals surface area contributed by atoms with Crippen molar-refractivity contribution in [2.75, 3.05) is 19.8 Å². The molecule has 264 valence electrons. The first kappa shape index (κ1) is 39.6. The summed E-state index contributed by atoms with van der Waals surface area (Å²) in [5, 5.41) is 24.5. The summed E-state index contributed by atoms with van der Waals surface area (Å²) in [6.45, 7) is 0.122. The molecule has 1 aromatic heterocycles. The minimum atomic E-state index is -1.18. The maximum atomic E-state index is 13.2. The van der Waals surface area contributed by atoms with Crippen molar-refractivity contribution in [1.29, 1.82) is 0 Å². The summed E-state index contributed by atoms with van der Waals surface area (Å²) in [5.41, 5.74) is 12.1. The SMILES string of the molecule is NCCCC[C@H](NC(=O)CCC(=O)[C@H](Cc1ccccc1)NC(=O)CCC(=O)[C@H](CCCCN)NC(=O)n1cc(CC[18F])nn1)C(=O)O. The van der Waals surface area contributed by atoms with Crippen molar-refractivity contribution in [2.24, 2.45) is 11.5 Å². The molecule has 48 heavy (non-hydrogen) atoms. The highest BCUT2D eigenvalue weighted by molar-refractivity contribution is 5.94. The van der Waals surface area contributed by atoms with E-state index in [1.165, 1.54) is 6.20 Å². The van der Waals surface area contributed by atoms with Gasteiger partial charge in [0, 0.05) is 32.1 Å². The number of nitrogens with one attached hydrogen (secondary N) is 3. The first-order valence-corrected chi connectivity index (χ1v) is 16.2. The second-order valence-electron chi connectivity index (χ2n) is 11.4. The average molecular weight is 674 g/mol. The highest BCUT2D eigenvalue weighted by Gasteiger charge is 2.26. The Balaban J connectivity index is 2.02. The van der Waals surface area contributed by atoms with Gasteiger partial charge in [0.1, 0.15) is 6.04 Å². The van der Waals surface area contributed by atoms with E-state index in [1.54, 1.807) is 30.3 Å². The number of rotatable bonds is 24. The van der Waals surface area contributed by atoms with Crippen LogP contribution in [0.5, 0.6) is 0 Å². The van der Waals surface area contributed by atoms with Crippen LogP contribution in [0.2, 0.25) is 0 Å². The third kappa shape index (κ3) is 14.9. The average Bonchev–Trinajstić information content (AvgIpc) is 3.54. The van der Waals surface area contributed by atoms with Crippen molar-refractivity contribution in [2.45, 2.75) is 95.2 Å². The summed E-state index contributed by atoms with van der Waals surface area (Å²) >= 11 is 0. The van der Waals surface area contributed by atoms with Crippen LogP contribution in [0.15, 0.2) is 36.5 Å². The quantitative estimate of drug-likeness (QED) is 0.0858. The lowest BCUT2D eigenvalue weighted by Crippen LogP contribution is -2.45. The van der Waals surface area contributed by atoms with E-state index < -0.39 is 60.2 Å². The molecule has 0 aliphatic heterocycles. The second kappa shape index (κ2) is 22.1. The summed E-state index contributed by atoms with van der Waals surface area (Å²) in [5.74, 6) is -3.21. The largest absolute Gasteiger partial charge is 0.480 e. The van der Waals surface area contributed by atoms with Gasteiger partial charge in [0.25, 0.3) is 0 Å². The van der Waals surface area contributed by atoms with Crippen LogP contribution in [-0.4, -0.2) is 93.4 Å². The monoisotopic (exact) mass is 673 g/mol. The Morgan fingerprint density at radius 1 is 0.771 bits per heavy atom. The Morgan fingerprint density at radius 3 is 1.90 bits per heavy atom. The number of hydrogen-bond donors (Lipinski definition) is 6. The van der Waals surface area contributed by atoms with Crippen molar-refractivity contribution in [3.05, 3.63) is 47.8 Å². The van der Waals surface area contributed by atoms with Crippen LogP contribution in [0, 0.1) is 0 Å². The molecule has 16 heteroatoms. The van der Waals surface area contributed by atoms with Gasteiger partial charge < -0.3 is 32.5 Å². The van der Waals surface area contributed by atoms with E-state index in [1.807, 2.05) is 0 Å². The van der Waals surface area contributed by atoms with Gasteiger partial charge in [-0.25, -0.2) is 9.59 Å². The fraction of sp³-hybridized carbons (Fsp3) is 0.562. The Labute approximate surface area is 278 Å². The van der Waals surface area contributed by atoms with E-state index in [2.05, 4.69) is 26.3 Å². The topological polar surface area (TPSA) is 241 Å². The molecule has 3 amide bonds. The number of alkyl halides is 1. The van der Waals surface area contributed by atoms with Crippen LogP contribution in [0.25, 0.3) is 0 Å². The molecule has 0 fully saturated rings. The van der Waals surface area contributed by atoms with E-state index in [4.69, 9.17) is 11.5 Å². The molecule has 3 atom stereocenters. The number of carboxylic acid groups (broad SMARTS) is 1. The van der Waals surface area contributed by atoms with Crippen LogP contribution >= 0.6 is 0 Å². The second-order valence-corrected chi connectivity index (χ2v) is 11.4. The Hall–Kier alpha value is -4.57. The molecule has 0 unspecified atom stereocenters. The zero-order valence-corrected chi connectivity index (χ0v) is 27.1. The molecular formula is C32H47FN8O7. The number of halogens is 1. The third-order valence-corrected chi connectivity index (χ3v) is 7.52. The lowest BCUT2D eigenvalue weighted by Gasteiger charge is -2.20. The number of ketones is 2. The molecule has 2 rings (SSSR count). The zero-order chi connectivity index (χ0) is 35.3. The van der Waals surface area contributed by atoms with Crippen LogP contribution < -0.4 is 27.4 Å². The number of amides is 3. The van der Waals surface area contributed by atoms with E-state index in [-0.39, 0.29) is 57.1 Å². The van der Waals surface area contributed by atoms with Crippen molar-refractivity contribution in [3.63, 3.8) is 0 Å². The summed E-state index contributed by atoms with van der Waals surface area (Å²) in [7, 11) is 0. The standard InChI is InChI=1S/C32H47FN8O7/c33-17-16-23-21-41(40-39-23)32(48)38-24(10-4-6-18-34)27(42)12-14-30(45)37-26(20-22-8-2-1-3-9-22)28(43)13-15-29(44)36-25(31(46)47)11-5-7-19-35/h1-3,8-9,21,24-26H,4-7,10-20,34-35H2,(H,36,44)(H,37,45)(H,38,48)(H,46,47)/t24-,25-,26-/m0/s1/i33-1. The number of aromatic nitrogens is 3. The lowest BCUT2D eigenvalue weighted by atomic mass is 9.98. The Bertz CT molecular complexity index is 1340. The van der Waals surface area contributed by atoms with Crippen LogP contribution in [-0.2, 0) is 36.8 Å². The zero-order valence-electron chi connectivity index (χ0n) is 27.1. The van der Waals surface area contributed by atoms with Gasteiger partial charge in [-0.05, 0) is 63.6 Å². The van der Waals surface area contributed by atoms with Gasteiger partial charge in [0.2, 0.25) is 11.8 Å². The molecule has 1 aromatic carbocycles. The molecule has 8 N–H and O–H groups in total. The van der Waals surface area contributed by atoms with Gasteiger partial charge in [-0.15, -0.1) is 5.10 Å². The summed E-state index contributed by atoms with van der Waals surface area (Å²) in [4.78, 5) is 76.1. The van der Waals surface area contributed by atoms with Crippen LogP contribution in [0.4, 0.5) is 9.18 Å². The van der Waals surface area contributed by atoms with Crippen LogP contribution in [0.3, 0.4) is 0 Å². The Morgan fingerprint density at radius 2 is 1.33 bits per heavy atom. The molecule has 1 heterocycles. The molecule has 0 aliphatic rings. The number of aryl methyl sites for hydroxylation is 1. The van der Waals surface area contributed by atoms with Gasteiger partial charge in [0.15, 0.2) is 11.6 Å². The predicted octanol–water partition coefficient (Wildman–Crippen LogP) is 0.970. The molecule has 0 saturated carbocycles. The first-order valence-electron chi connectivity index (χ1n) is 16.2. The van der Waals surface area contributed by atoms with Crippen molar-refractivity contribution < 1.29 is 38.3 Å². The van der Waals surface area contributed by atoms with Gasteiger partial charge in [0.05, 0.1) is 30.6 Å². The maximum absolute atomic E-state index is 13.2. The number of hydrogen-bond acceptors (Lipinski definition) is 10. The first-order chi connectivity index (χ1) is 23.1. The van der Waals surface area contributed by atoms with Crippen molar-refractivity contribution in [1.82, 2.24) is 30.9 Å². The molecule has 0 spiro atoms. The Kier molecular flexibility index (Phi) is 18.2. The molecular weight excluding hydrogens is 626 g/mol. The molecule has 0 bridgehead atoms. The van der Waals surface area contributed by atoms with E-state index in [9.17, 15) is 38.3 Å². The molecule has 15 nitrogen and oxygen atoms in total. The number of unbranched alkanes of at least 4 members (excludes halogenated alkanes) is 2. The highest BCUT2D eigenvalue weighted by atomic mass is 18.2. The number of aliphatic carboxylic acids is 1.